The van der Waals surface area contributed by atoms with Crippen LogP contribution < -0.4 is 15.4 Å². The summed E-state index contributed by atoms with van der Waals surface area (Å²) in [5.74, 6) is 1.75. The van der Waals surface area contributed by atoms with Gasteiger partial charge in [0.1, 0.15) is 5.75 Å². The Kier molecular flexibility index (Phi) is 5.29. The predicted octanol–water partition coefficient (Wildman–Crippen LogP) is 2.71. The number of hydrogen-bond donors (Lipinski definition) is 2. The van der Waals surface area contributed by atoms with E-state index in [2.05, 4.69) is 28.6 Å². The third-order valence-corrected chi connectivity index (χ3v) is 5.61. The number of hydrogen-bond acceptors (Lipinski definition) is 3. The molecule has 0 aromatic heterocycles. The monoisotopic (exact) mass is 331 g/mol. The first-order chi connectivity index (χ1) is 11.7. The minimum absolute atomic E-state index is 0.331. The van der Waals surface area contributed by atoms with E-state index in [-0.39, 0.29) is 0 Å². The van der Waals surface area contributed by atoms with Crippen LogP contribution in [0.4, 0.5) is 0 Å². The summed E-state index contributed by atoms with van der Waals surface area (Å²) in [5, 5.41) is 7.02. The molecule has 1 aromatic rings. The van der Waals surface area contributed by atoms with Crippen LogP contribution in [0.5, 0.6) is 5.75 Å². The lowest BCUT2D eigenvalue weighted by Gasteiger charge is -2.61. The summed E-state index contributed by atoms with van der Waals surface area (Å²) in [5.41, 5.74) is 1.46. The highest BCUT2D eigenvalue weighted by atomic mass is 16.5. The molecule has 0 amide bonds. The van der Waals surface area contributed by atoms with Crippen molar-refractivity contribution in [3.05, 3.63) is 29.8 Å². The fourth-order valence-electron chi connectivity index (χ4n) is 4.03. The second-order valence-corrected chi connectivity index (χ2v) is 6.70. The Morgan fingerprint density at radius 1 is 1.33 bits per heavy atom. The first-order valence-electron chi connectivity index (χ1n) is 8.94. The molecule has 0 bridgehead atoms. The van der Waals surface area contributed by atoms with Crippen LogP contribution in [-0.2, 0) is 11.3 Å². The highest BCUT2D eigenvalue weighted by Gasteiger charge is 2.59. The molecule has 2 saturated carbocycles. The van der Waals surface area contributed by atoms with Crippen molar-refractivity contribution in [1.82, 2.24) is 10.6 Å². The van der Waals surface area contributed by atoms with E-state index in [4.69, 9.17) is 9.47 Å². The van der Waals surface area contributed by atoms with Crippen molar-refractivity contribution in [1.29, 1.82) is 0 Å². The van der Waals surface area contributed by atoms with E-state index in [1.165, 1.54) is 19.3 Å². The minimum Gasteiger partial charge on any atom is -0.496 e. The molecular formula is C19H29N3O2. The number of guanidine groups is 1. The lowest BCUT2D eigenvalue weighted by Crippen LogP contribution is -2.68. The van der Waals surface area contributed by atoms with Gasteiger partial charge in [0, 0.05) is 37.2 Å². The Bertz CT molecular complexity index is 584. The van der Waals surface area contributed by atoms with Gasteiger partial charge in [-0.15, -0.1) is 0 Å². The first-order valence-corrected chi connectivity index (χ1v) is 8.94. The summed E-state index contributed by atoms with van der Waals surface area (Å²) in [6.07, 6.45) is 5.33. The van der Waals surface area contributed by atoms with Crippen LogP contribution in [0.15, 0.2) is 29.3 Å². The summed E-state index contributed by atoms with van der Waals surface area (Å²) in [7, 11) is 3.53. The van der Waals surface area contributed by atoms with Crippen molar-refractivity contribution in [2.45, 2.75) is 51.3 Å². The number of nitrogens with one attached hydrogen (secondary N) is 2. The molecular weight excluding hydrogens is 302 g/mol. The molecule has 2 fully saturated rings. The molecule has 5 nitrogen and oxygen atoms in total. The van der Waals surface area contributed by atoms with Crippen molar-refractivity contribution in [2.75, 3.05) is 20.8 Å². The number of rotatable bonds is 6. The maximum absolute atomic E-state index is 5.92. The lowest BCUT2D eigenvalue weighted by atomic mass is 9.51. The molecule has 1 aromatic carbocycles. The molecule has 2 N–H and O–H groups in total. The molecule has 3 rings (SSSR count). The Labute approximate surface area is 144 Å². The molecule has 2 atom stereocenters. The molecule has 2 aliphatic carbocycles. The van der Waals surface area contributed by atoms with E-state index in [9.17, 15) is 0 Å². The predicted molar refractivity (Wildman–Crippen MR) is 96.4 cm³/mol. The molecule has 0 radical (unpaired) electrons. The standard InChI is InChI=1S/C19H29N3O2/c1-4-24-17-12-16(19(17)10-7-11-19)22-18(20-2)21-13-14-8-5-6-9-15(14)23-3/h5-6,8-9,16-17H,4,7,10-13H2,1-3H3,(H2,20,21,22). The average Bonchev–Trinajstić information content (AvgIpc) is 2.55. The zero-order chi connectivity index (χ0) is 17.0. The van der Waals surface area contributed by atoms with E-state index in [1.54, 1.807) is 7.11 Å². The zero-order valence-electron chi connectivity index (χ0n) is 15.0. The van der Waals surface area contributed by atoms with Crippen LogP contribution in [0, 0.1) is 5.41 Å². The third-order valence-electron chi connectivity index (χ3n) is 5.61. The van der Waals surface area contributed by atoms with E-state index in [0.29, 0.717) is 24.1 Å². The van der Waals surface area contributed by atoms with Gasteiger partial charge < -0.3 is 20.1 Å². The van der Waals surface area contributed by atoms with Crippen LogP contribution in [0.25, 0.3) is 0 Å². The van der Waals surface area contributed by atoms with E-state index in [0.717, 1.165) is 30.3 Å². The van der Waals surface area contributed by atoms with Gasteiger partial charge in [-0.25, -0.2) is 0 Å². The zero-order valence-corrected chi connectivity index (χ0v) is 15.0. The van der Waals surface area contributed by atoms with Crippen LogP contribution in [0.3, 0.4) is 0 Å². The Morgan fingerprint density at radius 2 is 2.12 bits per heavy atom. The van der Waals surface area contributed by atoms with E-state index >= 15 is 0 Å². The number of para-hydroxylation sites is 1. The molecule has 1 spiro atoms. The van der Waals surface area contributed by atoms with Gasteiger partial charge in [-0.3, -0.25) is 4.99 Å². The summed E-state index contributed by atoms with van der Waals surface area (Å²) in [6.45, 7) is 3.58. The van der Waals surface area contributed by atoms with Gasteiger partial charge in [0.25, 0.3) is 0 Å². The quantitative estimate of drug-likeness (QED) is 0.622. The molecule has 132 valence electrons. The van der Waals surface area contributed by atoms with Gasteiger partial charge >= 0.3 is 0 Å². The van der Waals surface area contributed by atoms with Gasteiger partial charge in [0.2, 0.25) is 0 Å². The maximum atomic E-state index is 5.92. The van der Waals surface area contributed by atoms with Crippen molar-refractivity contribution >= 4 is 5.96 Å². The molecule has 24 heavy (non-hydrogen) atoms. The van der Waals surface area contributed by atoms with Gasteiger partial charge in [-0.2, -0.15) is 0 Å². The van der Waals surface area contributed by atoms with E-state index in [1.807, 2.05) is 25.2 Å². The van der Waals surface area contributed by atoms with Crippen LogP contribution in [0.2, 0.25) is 0 Å². The first kappa shape index (κ1) is 17.1. The number of benzene rings is 1. The minimum atomic E-state index is 0.331. The SMILES string of the molecule is CCOC1CC(NC(=NC)NCc2ccccc2OC)C12CCC2. The molecule has 0 aliphatic heterocycles. The highest BCUT2D eigenvalue weighted by Crippen LogP contribution is 2.57. The number of methoxy groups -OCH3 is 1. The smallest absolute Gasteiger partial charge is 0.191 e. The Balaban J connectivity index is 1.56. The normalized spacial score (nSPS) is 24.9. The molecule has 0 heterocycles. The van der Waals surface area contributed by atoms with E-state index < -0.39 is 0 Å². The fraction of sp³-hybridized carbons (Fsp3) is 0.632. The fourth-order valence-corrected chi connectivity index (χ4v) is 4.03. The van der Waals surface area contributed by atoms with Crippen molar-refractivity contribution in [3.8, 4) is 5.75 Å². The summed E-state index contributed by atoms with van der Waals surface area (Å²) < 4.78 is 11.3. The average molecular weight is 331 g/mol. The lowest BCUT2D eigenvalue weighted by molar-refractivity contribution is -0.168. The van der Waals surface area contributed by atoms with Gasteiger partial charge in [0.05, 0.1) is 13.2 Å². The molecule has 2 aliphatic rings. The molecule has 5 heteroatoms. The number of aliphatic imine (C=N–C) groups is 1. The molecule has 0 saturated heterocycles. The highest BCUT2D eigenvalue weighted by molar-refractivity contribution is 5.80. The summed E-state index contributed by atoms with van der Waals surface area (Å²) >= 11 is 0. The number of nitrogens with zero attached hydrogens (tertiary/aromatic N) is 1. The van der Waals surface area contributed by atoms with Crippen molar-refractivity contribution < 1.29 is 9.47 Å². The Morgan fingerprint density at radius 3 is 2.75 bits per heavy atom. The summed E-state index contributed by atoms with van der Waals surface area (Å²) in [4.78, 5) is 4.39. The second kappa shape index (κ2) is 7.43. The van der Waals surface area contributed by atoms with Crippen molar-refractivity contribution in [3.63, 3.8) is 0 Å². The van der Waals surface area contributed by atoms with Gasteiger partial charge in [-0.1, -0.05) is 24.6 Å². The topological polar surface area (TPSA) is 54.9 Å². The number of ether oxygens (including phenoxy) is 2. The second-order valence-electron chi connectivity index (χ2n) is 6.70. The van der Waals surface area contributed by atoms with Gasteiger partial charge in [-0.05, 0) is 32.3 Å². The maximum Gasteiger partial charge on any atom is 0.191 e. The van der Waals surface area contributed by atoms with Crippen LogP contribution in [0.1, 0.15) is 38.2 Å². The van der Waals surface area contributed by atoms with Crippen molar-refractivity contribution in [2.24, 2.45) is 10.4 Å². The Hall–Kier alpha value is -1.75. The summed E-state index contributed by atoms with van der Waals surface area (Å²) in [6, 6.07) is 8.53. The largest absolute Gasteiger partial charge is 0.496 e. The molecule has 2 unspecified atom stereocenters. The van der Waals surface area contributed by atoms with Crippen LogP contribution >= 0.6 is 0 Å². The third kappa shape index (κ3) is 3.09. The van der Waals surface area contributed by atoms with Gasteiger partial charge in [0.15, 0.2) is 5.96 Å². The van der Waals surface area contributed by atoms with Crippen LogP contribution in [-0.4, -0.2) is 38.9 Å².